The topological polar surface area (TPSA) is 43.9 Å². The zero-order valence-corrected chi connectivity index (χ0v) is 23.5. The number of fused-ring (bicyclic) bond motifs is 1. The number of rotatable bonds is 8. The third-order valence-corrected chi connectivity index (χ3v) is 9.05. The fourth-order valence-electron chi connectivity index (χ4n) is 5.88. The van der Waals surface area contributed by atoms with Crippen molar-refractivity contribution in [3.8, 4) is 0 Å². The Labute approximate surface area is 231 Å². The van der Waals surface area contributed by atoms with Crippen LogP contribution in [0.1, 0.15) is 71.1 Å². The molecule has 0 bridgehead atoms. The SMILES string of the molecule is CCCCc1ccc(C(=O)N2CCN(C(=O)CCN3CCc4sccc4[C@@H]3c3ccccc3)C[C@@H]2C)cc1. The minimum absolute atomic E-state index is 0.000358. The Kier molecular flexibility index (Phi) is 8.60. The Balaban J connectivity index is 1.17. The predicted molar refractivity (Wildman–Crippen MR) is 155 cm³/mol. The summed E-state index contributed by atoms with van der Waals surface area (Å²) in [5, 5.41) is 2.19. The Morgan fingerprint density at radius 3 is 2.50 bits per heavy atom. The standard InChI is InChI=1S/C32H39N3O2S/c1-3-4-8-25-11-13-27(14-12-25)32(37)35-21-20-34(23-24(35)2)30(36)16-19-33-18-15-29-28(17-22-38-29)31(33)26-9-6-5-7-10-26/h5-7,9-14,17,22,24,31H,3-4,8,15-16,18-21,23H2,1-2H3/t24-,31-/m0/s1. The number of thiophene rings is 1. The van der Waals surface area contributed by atoms with E-state index in [0.717, 1.165) is 31.5 Å². The zero-order chi connectivity index (χ0) is 26.5. The van der Waals surface area contributed by atoms with Crippen LogP contribution in [0.4, 0.5) is 0 Å². The van der Waals surface area contributed by atoms with Crippen molar-refractivity contribution in [1.29, 1.82) is 0 Å². The van der Waals surface area contributed by atoms with Crippen molar-refractivity contribution in [2.45, 2.75) is 58.0 Å². The molecule has 0 aliphatic carbocycles. The van der Waals surface area contributed by atoms with Gasteiger partial charge in [0.05, 0.1) is 6.04 Å². The van der Waals surface area contributed by atoms with Crippen molar-refractivity contribution in [3.05, 3.63) is 93.2 Å². The van der Waals surface area contributed by atoms with E-state index in [9.17, 15) is 9.59 Å². The van der Waals surface area contributed by atoms with Gasteiger partial charge in [-0.1, -0.05) is 55.8 Å². The highest BCUT2D eigenvalue weighted by molar-refractivity contribution is 7.10. The number of hydrogen-bond acceptors (Lipinski definition) is 4. The van der Waals surface area contributed by atoms with Gasteiger partial charge in [0.2, 0.25) is 5.91 Å². The lowest BCUT2D eigenvalue weighted by Crippen LogP contribution is -2.55. The zero-order valence-electron chi connectivity index (χ0n) is 22.6. The molecule has 1 fully saturated rings. The lowest BCUT2D eigenvalue weighted by Gasteiger charge is -2.41. The summed E-state index contributed by atoms with van der Waals surface area (Å²) in [7, 11) is 0. The number of hydrogen-bond donors (Lipinski definition) is 0. The molecule has 0 unspecified atom stereocenters. The van der Waals surface area contributed by atoms with Crippen molar-refractivity contribution in [3.63, 3.8) is 0 Å². The van der Waals surface area contributed by atoms with E-state index in [2.05, 4.69) is 72.7 Å². The van der Waals surface area contributed by atoms with Gasteiger partial charge in [0.1, 0.15) is 0 Å². The van der Waals surface area contributed by atoms with Gasteiger partial charge < -0.3 is 9.80 Å². The second-order valence-corrected chi connectivity index (χ2v) is 11.6. The molecule has 2 amide bonds. The van der Waals surface area contributed by atoms with Crippen LogP contribution in [0.15, 0.2) is 66.0 Å². The average Bonchev–Trinajstić information content (AvgIpc) is 3.44. The van der Waals surface area contributed by atoms with E-state index < -0.39 is 0 Å². The molecule has 2 atom stereocenters. The Morgan fingerprint density at radius 2 is 1.76 bits per heavy atom. The first kappa shape index (κ1) is 26.6. The highest BCUT2D eigenvalue weighted by atomic mass is 32.1. The van der Waals surface area contributed by atoms with Crippen LogP contribution in [0.2, 0.25) is 0 Å². The quantitative estimate of drug-likeness (QED) is 0.370. The van der Waals surface area contributed by atoms with E-state index in [4.69, 9.17) is 0 Å². The Morgan fingerprint density at radius 1 is 0.974 bits per heavy atom. The minimum atomic E-state index is 0.000358. The number of amides is 2. The fraction of sp³-hybridized carbons (Fsp3) is 0.438. The third-order valence-electron chi connectivity index (χ3n) is 8.05. The van der Waals surface area contributed by atoms with Crippen LogP contribution in [0.3, 0.4) is 0 Å². The first-order valence-corrected chi connectivity index (χ1v) is 15.0. The van der Waals surface area contributed by atoms with Crippen LogP contribution in [0.5, 0.6) is 0 Å². The predicted octanol–water partition coefficient (Wildman–Crippen LogP) is 5.80. The maximum atomic E-state index is 13.3. The summed E-state index contributed by atoms with van der Waals surface area (Å²) in [5.41, 5.74) is 4.70. The van der Waals surface area contributed by atoms with Crippen LogP contribution in [0, 0.1) is 0 Å². The molecule has 3 heterocycles. The smallest absolute Gasteiger partial charge is 0.254 e. The second kappa shape index (κ2) is 12.3. The molecule has 1 aromatic heterocycles. The van der Waals surface area contributed by atoms with Crippen molar-refractivity contribution in [2.75, 3.05) is 32.7 Å². The molecular weight excluding hydrogens is 490 g/mol. The highest BCUT2D eigenvalue weighted by Gasteiger charge is 2.32. The molecule has 2 aliphatic heterocycles. The number of piperazine rings is 1. The summed E-state index contributed by atoms with van der Waals surface area (Å²) in [6, 6.07) is 21.2. The van der Waals surface area contributed by atoms with E-state index in [1.807, 2.05) is 33.3 Å². The molecule has 5 nitrogen and oxygen atoms in total. The van der Waals surface area contributed by atoms with Gasteiger partial charge in [-0.15, -0.1) is 11.3 Å². The van der Waals surface area contributed by atoms with Crippen molar-refractivity contribution >= 4 is 23.2 Å². The second-order valence-electron chi connectivity index (χ2n) is 10.6. The van der Waals surface area contributed by atoms with Gasteiger partial charge in [-0.2, -0.15) is 0 Å². The van der Waals surface area contributed by atoms with Crippen LogP contribution in [0.25, 0.3) is 0 Å². The van der Waals surface area contributed by atoms with Gasteiger partial charge in [-0.05, 0) is 66.5 Å². The number of carbonyl (C=O) groups is 2. The highest BCUT2D eigenvalue weighted by Crippen LogP contribution is 2.37. The Bertz CT molecular complexity index is 1220. The third kappa shape index (κ3) is 5.87. The van der Waals surface area contributed by atoms with Crippen LogP contribution >= 0.6 is 11.3 Å². The van der Waals surface area contributed by atoms with E-state index >= 15 is 0 Å². The molecule has 2 aromatic carbocycles. The molecule has 0 spiro atoms. The molecular formula is C32H39N3O2S. The summed E-state index contributed by atoms with van der Waals surface area (Å²) in [4.78, 5) is 34.3. The van der Waals surface area contributed by atoms with Gasteiger partial charge >= 0.3 is 0 Å². The monoisotopic (exact) mass is 529 g/mol. The number of aryl methyl sites for hydroxylation is 1. The van der Waals surface area contributed by atoms with Gasteiger partial charge in [0, 0.05) is 55.6 Å². The van der Waals surface area contributed by atoms with Gasteiger partial charge in [0.25, 0.3) is 5.91 Å². The lowest BCUT2D eigenvalue weighted by atomic mass is 9.93. The summed E-state index contributed by atoms with van der Waals surface area (Å²) in [5.74, 6) is 0.254. The molecule has 2 aliphatic rings. The molecule has 6 heteroatoms. The molecule has 200 valence electrons. The minimum Gasteiger partial charge on any atom is -0.339 e. The van der Waals surface area contributed by atoms with Gasteiger partial charge in [-0.3, -0.25) is 14.5 Å². The maximum Gasteiger partial charge on any atom is 0.254 e. The summed E-state index contributed by atoms with van der Waals surface area (Å²) in [6.07, 6.45) is 4.94. The molecule has 0 N–H and O–H groups in total. The average molecular weight is 530 g/mol. The first-order valence-electron chi connectivity index (χ1n) is 14.1. The molecule has 0 radical (unpaired) electrons. The largest absolute Gasteiger partial charge is 0.339 e. The van der Waals surface area contributed by atoms with Gasteiger partial charge in [0.15, 0.2) is 0 Å². The molecule has 0 saturated carbocycles. The van der Waals surface area contributed by atoms with E-state index in [-0.39, 0.29) is 23.9 Å². The summed E-state index contributed by atoms with van der Waals surface area (Å²) >= 11 is 1.84. The van der Waals surface area contributed by atoms with Crippen molar-refractivity contribution in [2.24, 2.45) is 0 Å². The van der Waals surface area contributed by atoms with Crippen molar-refractivity contribution < 1.29 is 9.59 Å². The number of nitrogens with zero attached hydrogens (tertiary/aromatic N) is 3. The normalized spacial score (nSPS) is 19.8. The molecule has 38 heavy (non-hydrogen) atoms. The Hall–Kier alpha value is -2.96. The maximum absolute atomic E-state index is 13.3. The van der Waals surface area contributed by atoms with E-state index in [0.29, 0.717) is 26.1 Å². The van der Waals surface area contributed by atoms with Crippen LogP contribution < -0.4 is 0 Å². The number of carbonyl (C=O) groups excluding carboxylic acids is 2. The van der Waals surface area contributed by atoms with E-state index in [1.54, 1.807) is 0 Å². The summed E-state index contributed by atoms with van der Waals surface area (Å²) in [6.45, 7) is 7.73. The molecule has 5 rings (SSSR count). The summed E-state index contributed by atoms with van der Waals surface area (Å²) < 4.78 is 0. The van der Waals surface area contributed by atoms with Crippen LogP contribution in [-0.4, -0.2) is 65.3 Å². The van der Waals surface area contributed by atoms with Crippen LogP contribution in [-0.2, 0) is 17.6 Å². The molecule has 1 saturated heterocycles. The van der Waals surface area contributed by atoms with Gasteiger partial charge in [-0.25, -0.2) is 0 Å². The molecule has 3 aromatic rings. The number of unbranched alkanes of at least 4 members (excludes halogenated alkanes) is 1. The van der Waals surface area contributed by atoms with E-state index in [1.165, 1.54) is 34.4 Å². The fourth-order valence-corrected chi connectivity index (χ4v) is 6.78. The lowest BCUT2D eigenvalue weighted by molar-refractivity contribution is -0.134. The van der Waals surface area contributed by atoms with Crippen molar-refractivity contribution in [1.82, 2.24) is 14.7 Å². The number of benzene rings is 2. The first-order chi connectivity index (χ1) is 18.5.